The molecular weight excluding hydrogens is 208 g/mol. The van der Waals surface area contributed by atoms with Gasteiger partial charge in [-0.25, -0.2) is 0 Å². The third-order valence-corrected chi connectivity index (χ3v) is 2.01. The first-order valence-corrected chi connectivity index (χ1v) is 4.69. The minimum absolute atomic E-state index is 0.0102. The molecule has 0 saturated carbocycles. The molecule has 2 N–H and O–H groups in total. The van der Waals surface area contributed by atoms with E-state index in [0.717, 1.165) is 0 Å². The number of aromatic hydroxyl groups is 1. The predicted molar refractivity (Wildman–Crippen MR) is 57.3 cm³/mol. The summed E-state index contributed by atoms with van der Waals surface area (Å²) in [6, 6.07) is 7.99. The molecule has 1 aromatic heterocycles. The van der Waals surface area contributed by atoms with Crippen LogP contribution in [-0.4, -0.2) is 16.2 Å². The zero-order valence-corrected chi connectivity index (χ0v) is 8.60. The molecule has 1 aromatic carbocycles. The fraction of sp³-hybridized carbons (Fsp3) is 0.0909. The van der Waals surface area contributed by atoms with Gasteiger partial charge in [-0.3, -0.25) is 4.79 Å². The Balaban J connectivity index is 2.17. The molecule has 0 aliphatic rings. The second-order valence-corrected chi connectivity index (χ2v) is 3.29. The first kappa shape index (κ1) is 10.2. The van der Waals surface area contributed by atoms with E-state index in [1.54, 1.807) is 25.1 Å². The summed E-state index contributed by atoms with van der Waals surface area (Å²) >= 11 is 0. The number of aryl methyl sites for hydroxylation is 1. The number of carbonyl (C=O) groups excluding carboxylic acids is 1. The van der Waals surface area contributed by atoms with Gasteiger partial charge in [-0.15, -0.1) is 0 Å². The van der Waals surface area contributed by atoms with Crippen LogP contribution in [0.5, 0.6) is 5.75 Å². The quantitative estimate of drug-likeness (QED) is 0.755. The number of benzene rings is 1. The molecule has 0 saturated heterocycles. The minimum atomic E-state index is -0.418. The Kier molecular flexibility index (Phi) is 2.59. The molecule has 0 bridgehead atoms. The molecule has 16 heavy (non-hydrogen) atoms. The normalized spacial score (nSPS) is 10.1. The van der Waals surface area contributed by atoms with E-state index in [0.29, 0.717) is 11.4 Å². The molecule has 0 radical (unpaired) electrons. The maximum atomic E-state index is 11.6. The van der Waals surface area contributed by atoms with Gasteiger partial charge < -0.3 is 14.9 Å². The number of phenolic OH excluding ortho intramolecular Hbond substituents is 1. The topological polar surface area (TPSA) is 75.4 Å². The summed E-state index contributed by atoms with van der Waals surface area (Å²) in [7, 11) is 0. The van der Waals surface area contributed by atoms with Crippen LogP contribution in [0.15, 0.2) is 34.9 Å². The van der Waals surface area contributed by atoms with Gasteiger partial charge in [0.25, 0.3) is 5.91 Å². The minimum Gasteiger partial charge on any atom is -0.506 e. The maximum Gasteiger partial charge on any atom is 0.277 e. The standard InChI is InChI=1S/C11H10N2O3/c1-7-6-9(13-16-7)11(15)12-8-4-2-3-5-10(8)14/h2-6,14H,1H3,(H,12,15). The Hall–Kier alpha value is -2.30. The predicted octanol–water partition coefficient (Wildman–Crippen LogP) is 1.94. The van der Waals surface area contributed by atoms with Crippen LogP contribution < -0.4 is 5.32 Å². The van der Waals surface area contributed by atoms with Gasteiger partial charge in [0.2, 0.25) is 0 Å². The van der Waals surface area contributed by atoms with Crippen LogP contribution >= 0.6 is 0 Å². The summed E-state index contributed by atoms with van der Waals surface area (Å²) in [5.74, 6) is 0.150. The average molecular weight is 218 g/mol. The third kappa shape index (κ3) is 2.03. The lowest BCUT2D eigenvalue weighted by atomic mass is 10.3. The molecule has 2 aromatic rings. The lowest BCUT2D eigenvalue weighted by Gasteiger charge is -2.04. The van der Waals surface area contributed by atoms with Crippen molar-refractivity contribution in [3.05, 3.63) is 41.8 Å². The third-order valence-electron chi connectivity index (χ3n) is 2.01. The van der Waals surface area contributed by atoms with Gasteiger partial charge in [-0.2, -0.15) is 0 Å². The fourth-order valence-corrected chi connectivity index (χ4v) is 1.24. The smallest absolute Gasteiger partial charge is 0.277 e. The largest absolute Gasteiger partial charge is 0.506 e. The number of nitrogens with zero attached hydrogens (tertiary/aromatic N) is 1. The molecule has 0 aliphatic carbocycles. The highest BCUT2D eigenvalue weighted by Gasteiger charge is 2.12. The van der Waals surface area contributed by atoms with Gasteiger partial charge >= 0.3 is 0 Å². The first-order chi connectivity index (χ1) is 7.66. The molecule has 2 rings (SSSR count). The summed E-state index contributed by atoms with van der Waals surface area (Å²) < 4.78 is 4.78. The van der Waals surface area contributed by atoms with Crippen molar-refractivity contribution in [2.24, 2.45) is 0 Å². The number of carbonyl (C=O) groups is 1. The molecule has 0 aliphatic heterocycles. The number of para-hydroxylation sites is 2. The van der Waals surface area contributed by atoms with Gasteiger partial charge in [0, 0.05) is 6.07 Å². The Morgan fingerprint density at radius 3 is 2.81 bits per heavy atom. The van der Waals surface area contributed by atoms with Crippen molar-refractivity contribution < 1.29 is 14.4 Å². The number of anilines is 1. The summed E-state index contributed by atoms with van der Waals surface area (Å²) in [5, 5.41) is 15.6. The average Bonchev–Trinajstić information content (AvgIpc) is 2.68. The van der Waals surface area contributed by atoms with Crippen molar-refractivity contribution in [3.63, 3.8) is 0 Å². The van der Waals surface area contributed by atoms with E-state index in [2.05, 4.69) is 10.5 Å². The van der Waals surface area contributed by atoms with Gasteiger partial charge in [0.1, 0.15) is 11.5 Å². The van der Waals surface area contributed by atoms with Crippen LogP contribution in [-0.2, 0) is 0 Å². The zero-order valence-electron chi connectivity index (χ0n) is 8.60. The highest BCUT2D eigenvalue weighted by Crippen LogP contribution is 2.22. The van der Waals surface area contributed by atoms with Crippen LogP contribution in [0.1, 0.15) is 16.2 Å². The van der Waals surface area contributed by atoms with Crippen LogP contribution in [0.3, 0.4) is 0 Å². The van der Waals surface area contributed by atoms with Crippen LogP contribution in [0.2, 0.25) is 0 Å². The second-order valence-electron chi connectivity index (χ2n) is 3.29. The summed E-state index contributed by atoms with van der Waals surface area (Å²) in [6.45, 7) is 1.70. The van der Waals surface area contributed by atoms with E-state index >= 15 is 0 Å². The van der Waals surface area contributed by atoms with E-state index in [1.165, 1.54) is 12.1 Å². The van der Waals surface area contributed by atoms with E-state index in [4.69, 9.17) is 4.52 Å². The number of amides is 1. The van der Waals surface area contributed by atoms with E-state index in [9.17, 15) is 9.90 Å². The Morgan fingerprint density at radius 1 is 1.44 bits per heavy atom. The lowest BCUT2D eigenvalue weighted by molar-refractivity contribution is 0.101. The van der Waals surface area contributed by atoms with E-state index in [-0.39, 0.29) is 11.4 Å². The SMILES string of the molecule is Cc1cc(C(=O)Nc2ccccc2O)no1. The highest BCUT2D eigenvalue weighted by molar-refractivity contribution is 6.03. The Morgan fingerprint density at radius 2 is 2.19 bits per heavy atom. The first-order valence-electron chi connectivity index (χ1n) is 4.69. The molecule has 0 fully saturated rings. The van der Waals surface area contributed by atoms with Crippen molar-refractivity contribution in [1.29, 1.82) is 0 Å². The zero-order chi connectivity index (χ0) is 11.5. The van der Waals surface area contributed by atoms with Crippen molar-refractivity contribution in [2.45, 2.75) is 6.92 Å². The molecule has 5 nitrogen and oxygen atoms in total. The summed E-state index contributed by atoms with van der Waals surface area (Å²) in [6.07, 6.45) is 0. The number of aromatic nitrogens is 1. The molecule has 5 heteroatoms. The van der Waals surface area contributed by atoms with E-state index < -0.39 is 5.91 Å². The molecule has 0 atom stereocenters. The number of nitrogens with one attached hydrogen (secondary N) is 1. The number of hydrogen-bond donors (Lipinski definition) is 2. The van der Waals surface area contributed by atoms with Gasteiger partial charge in [-0.05, 0) is 19.1 Å². The van der Waals surface area contributed by atoms with Gasteiger partial charge in [0.05, 0.1) is 5.69 Å². The second kappa shape index (κ2) is 4.06. The summed E-state index contributed by atoms with van der Waals surface area (Å²) in [5.41, 5.74) is 0.522. The monoisotopic (exact) mass is 218 g/mol. The van der Waals surface area contributed by atoms with Crippen molar-refractivity contribution >= 4 is 11.6 Å². The Labute approximate surface area is 91.7 Å². The molecule has 82 valence electrons. The van der Waals surface area contributed by atoms with Gasteiger partial charge in [0.15, 0.2) is 5.69 Å². The number of rotatable bonds is 2. The van der Waals surface area contributed by atoms with Crippen LogP contribution in [0.25, 0.3) is 0 Å². The molecule has 0 unspecified atom stereocenters. The van der Waals surface area contributed by atoms with E-state index in [1.807, 2.05) is 0 Å². The van der Waals surface area contributed by atoms with Crippen molar-refractivity contribution in [3.8, 4) is 5.75 Å². The summed E-state index contributed by atoms with van der Waals surface area (Å²) in [4.78, 5) is 11.6. The Bertz CT molecular complexity index is 519. The fourth-order valence-electron chi connectivity index (χ4n) is 1.24. The molecule has 0 spiro atoms. The molecular formula is C11H10N2O3. The maximum absolute atomic E-state index is 11.6. The van der Waals surface area contributed by atoms with Gasteiger partial charge in [-0.1, -0.05) is 17.3 Å². The lowest BCUT2D eigenvalue weighted by Crippen LogP contribution is -2.12. The number of phenols is 1. The number of hydrogen-bond acceptors (Lipinski definition) is 4. The molecule has 1 amide bonds. The highest BCUT2D eigenvalue weighted by atomic mass is 16.5. The van der Waals surface area contributed by atoms with Crippen molar-refractivity contribution in [1.82, 2.24) is 5.16 Å². The van der Waals surface area contributed by atoms with Crippen molar-refractivity contribution in [2.75, 3.05) is 5.32 Å². The van der Waals surface area contributed by atoms with Crippen LogP contribution in [0.4, 0.5) is 5.69 Å². The van der Waals surface area contributed by atoms with Crippen LogP contribution in [0, 0.1) is 6.92 Å². The molecule has 1 heterocycles.